The maximum absolute atomic E-state index is 12.5. The molecule has 1 nitrogen and oxygen atoms in total. The summed E-state index contributed by atoms with van der Waals surface area (Å²) in [5.41, 5.74) is -2.32. The molecule has 14 heavy (non-hydrogen) atoms. The molecule has 74 valence electrons. The van der Waals surface area contributed by atoms with Crippen molar-refractivity contribution in [1.29, 1.82) is 5.26 Å². The number of nitrogens with zero attached hydrogens (tertiary/aromatic N) is 1. The SMILES string of the molecule is N#Cc1cc(F)c(F)cc1[B-](F)(F)F. The first-order chi connectivity index (χ1) is 6.36. The minimum atomic E-state index is -5.50. The van der Waals surface area contributed by atoms with Crippen molar-refractivity contribution in [2.24, 2.45) is 0 Å². The van der Waals surface area contributed by atoms with Gasteiger partial charge in [0.1, 0.15) is 0 Å². The third-order valence-corrected chi connectivity index (χ3v) is 1.57. The molecular weight excluding hydrogens is 204 g/mol. The predicted octanol–water partition coefficient (Wildman–Crippen LogP) is 1.89. The van der Waals surface area contributed by atoms with Gasteiger partial charge in [-0.15, -0.1) is 0 Å². The van der Waals surface area contributed by atoms with E-state index in [-0.39, 0.29) is 12.1 Å². The minimum absolute atomic E-state index is 0.00606. The first kappa shape index (κ1) is 10.5. The van der Waals surface area contributed by atoms with Gasteiger partial charge in [-0.2, -0.15) is 5.26 Å². The van der Waals surface area contributed by atoms with Crippen molar-refractivity contribution in [1.82, 2.24) is 0 Å². The molecule has 0 amide bonds. The molecule has 1 aromatic carbocycles. The Morgan fingerprint density at radius 2 is 1.57 bits per heavy atom. The van der Waals surface area contributed by atoms with E-state index in [4.69, 9.17) is 5.26 Å². The van der Waals surface area contributed by atoms with Crippen molar-refractivity contribution >= 4 is 12.4 Å². The molecule has 0 aliphatic heterocycles. The van der Waals surface area contributed by atoms with E-state index in [9.17, 15) is 21.7 Å². The molecule has 0 aromatic heterocycles. The number of nitriles is 1. The molecule has 1 aromatic rings. The van der Waals surface area contributed by atoms with Crippen LogP contribution in [0.15, 0.2) is 12.1 Å². The van der Waals surface area contributed by atoms with Crippen molar-refractivity contribution in [2.45, 2.75) is 0 Å². The van der Waals surface area contributed by atoms with Gasteiger partial charge in [0.15, 0.2) is 11.6 Å². The largest absolute Gasteiger partial charge is 0.511 e. The summed E-state index contributed by atoms with van der Waals surface area (Å²) in [5, 5.41) is 8.27. The number of halogens is 5. The summed E-state index contributed by atoms with van der Waals surface area (Å²) < 4.78 is 61.4. The summed E-state index contributed by atoms with van der Waals surface area (Å²) >= 11 is 0. The first-order valence-electron chi connectivity index (χ1n) is 3.45. The summed E-state index contributed by atoms with van der Waals surface area (Å²) in [4.78, 5) is 0. The Balaban J connectivity index is 3.45. The molecule has 0 aliphatic rings. The standard InChI is InChI=1S/C7H2BF5N/c9-6-1-4(3-14)5(2-7(6)10)8(11,12)13/h1-2H/q-1. The van der Waals surface area contributed by atoms with Crippen molar-refractivity contribution < 1.29 is 21.7 Å². The van der Waals surface area contributed by atoms with Gasteiger partial charge >= 0.3 is 6.98 Å². The molecule has 0 spiro atoms. The molecule has 0 radical (unpaired) electrons. The van der Waals surface area contributed by atoms with Gasteiger partial charge in [0.05, 0.1) is 6.07 Å². The van der Waals surface area contributed by atoms with Crippen LogP contribution in [0.3, 0.4) is 0 Å². The van der Waals surface area contributed by atoms with E-state index >= 15 is 0 Å². The Bertz CT molecular complexity index is 406. The summed E-state index contributed by atoms with van der Waals surface area (Å²) in [6.45, 7) is -5.50. The lowest BCUT2D eigenvalue weighted by molar-refractivity contribution is 0.492. The Morgan fingerprint density at radius 1 is 1.07 bits per heavy atom. The van der Waals surface area contributed by atoms with E-state index in [1.807, 2.05) is 0 Å². The molecule has 1 rings (SSSR count). The molecule has 0 saturated heterocycles. The maximum atomic E-state index is 12.5. The minimum Gasteiger partial charge on any atom is -0.445 e. The Hall–Kier alpha value is -1.58. The van der Waals surface area contributed by atoms with Crippen LogP contribution in [0, 0.1) is 23.0 Å². The zero-order valence-electron chi connectivity index (χ0n) is 6.57. The number of hydrogen-bond acceptors (Lipinski definition) is 1. The van der Waals surface area contributed by atoms with E-state index in [0.29, 0.717) is 0 Å². The monoisotopic (exact) mass is 206 g/mol. The van der Waals surface area contributed by atoms with Crippen molar-refractivity contribution in [3.05, 3.63) is 29.3 Å². The number of benzene rings is 1. The molecule has 0 fully saturated rings. The quantitative estimate of drug-likeness (QED) is 0.508. The molecule has 0 N–H and O–H groups in total. The summed E-state index contributed by atoms with van der Waals surface area (Å²) in [5.74, 6) is -3.08. The predicted molar refractivity (Wildman–Crippen MR) is 39.8 cm³/mol. The Labute approximate surface area is 75.8 Å². The second-order valence-electron chi connectivity index (χ2n) is 2.54. The van der Waals surface area contributed by atoms with Gasteiger partial charge in [-0.25, -0.2) is 8.78 Å². The van der Waals surface area contributed by atoms with E-state index in [2.05, 4.69) is 0 Å². The second kappa shape index (κ2) is 3.29. The van der Waals surface area contributed by atoms with Crippen LogP contribution in [0.5, 0.6) is 0 Å². The lowest BCUT2D eigenvalue weighted by atomic mass is 9.77. The fourth-order valence-electron chi connectivity index (χ4n) is 0.930. The van der Waals surface area contributed by atoms with Crippen LogP contribution in [0.1, 0.15) is 5.56 Å². The molecule has 7 heteroatoms. The van der Waals surface area contributed by atoms with Crippen LogP contribution in [0.25, 0.3) is 0 Å². The highest BCUT2D eigenvalue weighted by Gasteiger charge is 2.29. The normalized spacial score (nSPS) is 11.1. The average molecular weight is 206 g/mol. The fraction of sp³-hybridized carbons (Fsp3) is 0. The fourth-order valence-corrected chi connectivity index (χ4v) is 0.930. The highest BCUT2D eigenvalue weighted by Crippen LogP contribution is 2.15. The van der Waals surface area contributed by atoms with Crippen LogP contribution < -0.4 is 5.46 Å². The average Bonchev–Trinajstić information content (AvgIpc) is 2.07. The summed E-state index contributed by atoms with van der Waals surface area (Å²) in [7, 11) is 0. The number of hydrogen-bond donors (Lipinski definition) is 0. The van der Waals surface area contributed by atoms with Crippen LogP contribution in [0.4, 0.5) is 21.7 Å². The van der Waals surface area contributed by atoms with Crippen LogP contribution in [-0.2, 0) is 0 Å². The van der Waals surface area contributed by atoms with Gasteiger partial charge in [0.25, 0.3) is 0 Å². The zero-order chi connectivity index (χ0) is 10.9. The number of rotatable bonds is 1. The Kier molecular flexibility index (Phi) is 2.47. The molecule has 0 aliphatic carbocycles. The van der Waals surface area contributed by atoms with Gasteiger partial charge in [-0.3, -0.25) is 0 Å². The van der Waals surface area contributed by atoms with Crippen molar-refractivity contribution in [3.63, 3.8) is 0 Å². The molecule has 0 unspecified atom stereocenters. The summed E-state index contributed by atoms with van der Waals surface area (Å²) in [6.07, 6.45) is 0. The lowest BCUT2D eigenvalue weighted by Crippen LogP contribution is -2.36. The highest BCUT2D eigenvalue weighted by molar-refractivity contribution is 6.74. The van der Waals surface area contributed by atoms with Gasteiger partial charge in [-0.1, -0.05) is 5.46 Å². The van der Waals surface area contributed by atoms with Crippen LogP contribution >= 0.6 is 0 Å². The van der Waals surface area contributed by atoms with Crippen molar-refractivity contribution in [3.8, 4) is 6.07 Å². The molecule has 0 bridgehead atoms. The summed E-state index contributed by atoms with van der Waals surface area (Å²) in [6, 6.07) is 1.39. The molecule has 0 saturated carbocycles. The van der Waals surface area contributed by atoms with Crippen LogP contribution in [0.2, 0.25) is 0 Å². The van der Waals surface area contributed by atoms with Crippen LogP contribution in [-0.4, -0.2) is 6.98 Å². The van der Waals surface area contributed by atoms with Gasteiger partial charge in [0.2, 0.25) is 0 Å². The molecule has 0 heterocycles. The van der Waals surface area contributed by atoms with E-state index in [1.54, 1.807) is 0 Å². The Morgan fingerprint density at radius 3 is 2.00 bits per heavy atom. The van der Waals surface area contributed by atoms with Crippen molar-refractivity contribution in [2.75, 3.05) is 0 Å². The smallest absolute Gasteiger partial charge is 0.445 e. The van der Waals surface area contributed by atoms with Gasteiger partial charge in [0, 0.05) is 5.56 Å². The topological polar surface area (TPSA) is 23.8 Å². The lowest BCUT2D eigenvalue weighted by Gasteiger charge is -2.16. The van der Waals surface area contributed by atoms with Gasteiger partial charge < -0.3 is 12.9 Å². The van der Waals surface area contributed by atoms with E-state index in [0.717, 1.165) is 6.07 Å². The maximum Gasteiger partial charge on any atom is 0.511 e. The highest BCUT2D eigenvalue weighted by atomic mass is 19.4. The zero-order valence-corrected chi connectivity index (χ0v) is 6.57. The first-order valence-corrected chi connectivity index (χ1v) is 3.45. The third kappa shape index (κ3) is 1.84. The van der Waals surface area contributed by atoms with E-state index < -0.39 is 29.6 Å². The second-order valence-corrected chi connectivity index (χ2v) is 2.54. The molecule has 0 atom stereocenters. The van der Waals surface area contributed by atoms with Gasteiger partial charge in [-0.05, 0) is 12.1 Å². The molecular formula is C7H2BF5N-. The third-order valence-electron chi connectivity index (χ3n) is 1.57. The van der Waals surface area contributed by atoms with E-state index in [1.165, 1.54) is 0 Å².